The molecular weight excluding hydrogens is 292 g/mol. The third-order valence-corrected chi connectivity index (χ3v) is 3.32. The molecule has 0 aliphatic carbocycles. The van der Waals surface area contributed by atoms with Gasteiger partial charge in [-0.15, -0.1) is 0 Å². The molecule has 1 aliphatic heterocycles. The smallest absolute Gasteiger partial charge is 0.391 e. The highest BCUT2D eigenvalue weighted by atomic mass is 19.4. The predicted molar refractivity (Wildman–Crippen MR) is 66.1 cm³/mol. The van der Waals surface area contributed by atoms with Gasteiger partial charge in [0.15, 0.2) is 0 Å². The van der Waals surface area contributed by atoms with Gasteiger partial charge in [0.05, 0.1) is 11.7 Å². The Morgan fingerprint density at radius 2 is 2.05 bits per heavy atom. The van der Waals surface area contributed by atoms with E-state index < -0.39 is 35.1 Å². The molecule has 0 saturated carbocycles. The van der Waals surface area contributed by atoms with Crippen LogP contribution in [0, 0.1) is 11.7 Å². The molecule has 21 heavy (non-hydrogen) atoms. The normalized spacial score (nSPS) is 22.3. The standard InChI is InChI=1S/C13H14F4N2O2/c14-10-2-7(1-9(3-10)13(15,16)17)12(21)19-5-8-4-18-6-11(8)20/h1-3,8,11,18,20H,4-6H2,(H,19,21). The van der Waals surface area contributed by atoms with Crippen LogP contribution in [0.15, 0.2) is 18.2 Å². The lowest BCUT2D eigenvalue weighted by atomic mass is 10.1. The third kappa shape index (κ3) is 3.92. The minimum Gasteiger partial charge on any atom is -0.391 e. The zero-order valence-electron chi connectivity index (χ0n) is 10.9. The van der Waals surface area contributed by atoms with Crippen molar-refractivity contribution in [2.24, 2.45) is 5.92 Å². The van der Waals surface area contributed by atoms with Gasteiger partial charge in [0.1, 0.15) is 5.82 Å². The van der Waals surface area contributed by atoms with Gasteiger partial charge in [-0.3, -0.25) is 4.79 Å². The Morgan fingerprint density at radius 3 is 2.62 bits per heavy atom. The third-order valence-electron chi connectivity index (χ3n) is 3.32. The zero-order valence-corrected chi connectivity index (χ0v) is 10.9. The van der Waals surface area contributed by atoms with Gasteiger partial charge < -0.3 is 15.7 Å². The van der Waals surface area contributed by atoms with Gasteiger partial charge >= 0.3 is 6.18 Å². The average Bonchev–Trinajstić information content (AvgIpc) is 2.79. The summed E-state index contributed by atoms with van der Waals surface area (Å²) in [5.41, 5.74) is -1.61. The quantitative estimate of drug-likeness (QED) is 0.734. The lowest BCUT2D eigenvalue weighted by Gasteiger charge is -2.14. The molecule has 2 unspecified atom stereocenters. The van der Waals surface area contributed by atoms with Crippen molar-refractivity contribution >= 4 is 5.91 Å². The van der Waals surface area contributed by atoms with Crippen molar-refractivity contribution in [2.75, 3.05) is 19.6 Å². The van der Waals surface area contributed by atoms with Gasteiger partial charge in [-0.05, 0) is 18.2 Å². The maximum absolute atomic E-state index is 13.2. The van der Waals surface area contributed by atoms with Gasteiger partial charge in [0, 0.05) is 31.1 Å². The van der Waals surface area contributed by atoms with Gasteiger partial charge in [-0.25, -0.2) is 4.39 Å². The van der Waals surface area contributed by atoms with E-state index in [1.165, 1.54) is 0 Å². The van der Waals surface area contributed by atoms with E-state index in [1.807, 2.05) is 0 Å². The number of aliphatic hydroxyl groups is 1. The van der Waals surface area contributed by atoms with Crippen LogP contribution in [0.4, 0.5) is 17.6 Å². The molecule has 1 aliphatic rings. The van der Waals surface area contributed by atoms with Crippen LogP contribution in [0.25, 0.3) is 0 Å². The van der Waals surface area contributed by atoms with E-state index in [-0.39, 0.29) is 12.5 Å². The number of carbonyl (C=O) groups excluding carboxylic acids is 1. The van der Waals surface area contributed by atoms with Crippen molar-refractivity contribution in [1.29, 1.82) is 0 Å². The van der Waals surface area contributed by atoms with E-state index in [0.717, 1.165) is 6.07 Å². The Kier molecular flexibility index (Phi) is 4.48. The fraction of sp³-hybridized carbons (Fsp3) is 0.462. The Bertz CT molecular complexity index is 533. The van der Waals surface area contributed by atoms with Crippen LogP contribution in [0.5, 0.6) is 0 Å². The molecule has 0 aromatic heterocycles. The number of β-amino-alcohol motifs (C(OH)–C–C–N with tert-alkyl or cyclic N) is 1. The number of hydrogen-bond acceptors (Lipinski definition) is 3. The summed E-state index contributed by atoms with van der Waals surface area (Å²) in [5, 5.41) is 14.9. The summed E-state index contributed by atoms with van der Waals surface area (Å²) >= 11 is 0. The molecule has 8 heteroatoms. The molecule has 2 atom stereocenters. The molecule has 1 aromatic rings. The Morgan fingerprint density at radius 1 is 1.33 bits per heavy atom. The van der Waals surface area contributed by atoms with Gasteiger partial charge in [-0.2, -0.15) is 13.2 Å². The number of carbonyl (C=O) groups is 1. The predicted octanol–water partition coefficient (Wildman–Crippen LogP) is 1.15. The van der Waals surface area contributed by atoms with Crippen LogP contribution < -0.4 is 10.6 Å². The van der Waals surface area contributed by atoms with Crippen molar-refractivity contribution in [1.82, 2.24) is 10.6 Å². The largest absolute Gasteiger partial charge is 0.416 e. The van der Waals surface area contributed by atoms with E-state index in [1.54, 1.807) is 0 Å². The number of rotatable bonds is 3. The molecule has 1 saturated heterocycles. The number of halogens is 4. The van der Waals surface area contributed by atoms with E-state index in [4.69, 9.17) is 0 Å². The maximum Gasteiger partial charge on any atom is 0.416 e. The molecule has 3 N–H and O–H groups in total. The lowest BCUT2D eigenvalue weighted by Crippen LogP contribution is -2.34. The summed E-state index contributed by atoms with van der Waals surface area (Å²) in [6, 6.07) is 1.68. The van der Waals surface area contributed by atoms with Crippen LogP contribution in [-0.2, 0) is 6.18 Å². The summed E-state index contributed by atoms with van der Waals surface area (Å²) in [5.74, 6) is -2.15. The second kappa shape index (κ2) is 5.98. The monoisotopic (exact) mass is 306 g/mol. The number of alkyl halides is 3. The van der Waals surface area contributed by atoms with Crippen molar-refractivity contribution in [3.05, 3.63) is 35.1 Å². The average molecular weight is 306 g/mol. The van der Waals surface area contributed by atoms with Gasteiger partial charge in [0.2, 0.25) is 0 Å². The summed E-state index contributed by atoms with van der Waals surface area (Å²) in [6.07, 6.45) is -5.34. The number of nitrogens with one attached hydrogen (secondary N) is 2. The Hall–Kier alpha value is -1.67. The van der Waals surface area contributed by atoms with Crippen LogP contribution in [0.2, 0.25) is 0 Å². The first-order chi connectivity index (χ1) is 9.77. The molecule has 1 fully saturated rings. The first kappa shape index (κ1) is 15.7. The molecule has 4 nitrogen and oxygen atoms in total. The number of aliphatic hydroxyl groups excluding tert-OH is 1. The first-order valence-electron chi connectivity index (χ1n) is 6.32. The minimum atomic E-state index is -4.72. The highest BCUT2D eigenvalue weighted by Gasteiger charge is 2.32. The molecule has 116 valence electrons. The second-order valence-electron chi connectivity index (χ2n) is 4.92. The van der Waals surface area contributed by atoms with Crippen molar-refractivity contribution in [2.45, 2.75) is 12.3 Å². The molecule has 1 aromatic carbocycles. The van der Waals surface area contributed by atoms with Crippen molar-refractivity contribution < 1.29 is 27.5 Å². The van der Waals surface area contributed by atoms with E-state index in [0.29, 0.717) is 25.2 Å². The minimum absolute atomic E-state index is 0.102. The zero-order chi connectivity index (χ0) is 15.6. The van der Waals surface area contributed by atoms with Crippen LogP contribution >= 0.6 is 0 Å². The van der Waals surface area contributed by atoms with Crippen molar-refractivity contribution in [3.8, 4) is 0 Å². The molecule has 0 spiro atoms. The molecular formula is C13H14F4N2O2. The van der Waals surface area contributed by atoms with Gasteiger partial charge in [-0.1, -0.05) is 0 Å². The van der Waals surface area contributed by atoms with E-state index in [2.05, 4.69) is 10.6 Å². The summed E-state index contributed by atoms with van der Waals surface area (Å²) in [7, 11) is 0. The van der Waals surface area contributed by atoms with Crippen LogP contribution in [0.3, 0.4) is 0 Å². The summed E-state index contributed by atoms with van der Waals surface area (Å²) in [6.45, 7) is 1.00. The second-order valence-corrected chi connectivity index (χ2v) is 4.92. The SMILES string of the molecule is O=C(NCC1CNCC1O)c1cc(F)cc(C(F)(F)F)c1. The van der Waals surface area contributed by atoms with Gasteiger partial charge in [0.25, 0.3) is 5.91 Å². The Labute approximate surface area is 118 Å². The molecule has 2 rings (SSSR count). The van der Waals surface area contributed by atoms with E-state index in [9.17, 15) is 27.5 Å². The van der Waals surface area contributed by atoms with Crippen molar-refractivity contribution in [3.63, 3.8) is 0 Å². The number of hydrogen-bond donors (Lipinski definition) is 3. The summed E-state index contributed by atoms with van der Waals surface area (Å²) < 4.78 is 50.9. The number of amides is 1. The van der Waals surface area contributed by atoms with Crippen LogP contribution in [-0.4, -0.2) is 36.8 Å². The molecule has 0 bridgehead atoms. The Balaban J connectivity index is 2.07. The number of benzene rings is 1. The topological polar surface area (TPSA) is 61.4 Å². The summed E-state index contributed by atoms with van der Waals surface area (Å²) in [4.78, 5) is 11.8. The highest BCUT2D eigenvalue weighted by molar-refractivity contribution is 5.94. The first-order valence-corrected chi connectivity index (χ1v) is 6.32. The fourth-order valence-corrected chi connectivity index (χ4v) is 2.14. The molecule has 0 radical (unpaired) electrons. The highest BCUT2D eigenvalue weighted by Crippen LogP contribution is 2.30. The lowest BCUT2D eigenvalue weighted by molar-refractivity contribution is -0.137. The van der Waals surface area contributed by atoms with Crippen LogP contribution in [0.1, 0.15) is 15.9 Å². The maximum atomic E-state index is 13.2. The molecule has 1 amide bonds. The molecule has 1 heterocycles. The fourth-order valence-electron chi connectivity index (χ4n) is 2.14. The van der Waals surface area contributed by atoms with E-state index >= 15 is 0 Å².